The Labute approximate surface area is 128 Å². The molecule has 4 heteroatoms. The van der Waals surface area contributed by atoms with Crippen LogP contribution in [0.1, 0.15) is 44.4 Å². The quantitative estimate of drug-likeness (QED) is 0.797. The molecule has 1 aromatic heterocycles. The lowest BCUT2D eigenvalue weighted by Crippen LogP contribution is -2.37. The predicted molar refractivity (Wildman–Crippen MR) is 85.2 cm³/mol. The first kappa shape index (κ1) is 15.1. The van der Waals surface area contributed by atoms with Crippen molar-refractivity contribution in [3.8, 4) is 0 Å². The van der Waals surface area contributed by atoms with Crippen LogP contribution in [0.3, 0.4) is 0 Å². The summed E-state index contributed by atoms with van der Waals surface area (Å²) in [4.78, 5) is 5.10. The minimum atomic E-state index is 0.728. The van der Waals surface area contributed by atoms with E-state index in [-0.39, 0.29) is 0 Å². The fraction of sp³-hybridized carbons (Fsp3) is 0.765. The van der Waals surface area contributed by atoms with Gasteiger partial charge in [0.1, 0.15) is 5.76 Å². The molecule has 2 aliphatic rings. The van der Waals surface area contributed by atoms with Crippen molar-refractivity contribution < 1.29 is 4.42 Å². The van der Waals surface area contributed by atoms with E-state index in [4.69, 9.17) is 4.42 Å². The SMILES string of the molecule is CCN(CC)C1CCN(Cc2cc(CNC3CC3)co2)C1. The van der Waals surface area contributed by atoms with Gasteiger partial charge < -0.3 is 9.73 Å². The Morgan fingerprint density at radius 3 is 2.81 bits per heavy atom. The number of hydrogen-bond acceptors (Lipinski definition) is 4. The van der Waals surface area contributed by atoms with Gasteiger partial charge in [-0.05, 0) is 38.4 Å². The van der Waals surface area contributed by atoms with E-state index in [1.54, 1.807) is 0 Å². The second kappa shape index (κ2) is 6.95. The summed E-state index contributed by atoms with van der Waals surface area (Å²) in [6, 6.07) is 3.71. The van der Waals surface area contributed by atoms with E-state index >= 15 is 0 Å². The summed E-state index contributed by atoms with van der Waals surface area (Å²) < 4.78 is 5.73. The Bertz CT molecular complexity index is 437. The Hall–Kier alpha value is -0.840. The highest BCUT2D eigenvalue weighted by Gasteiger charge is 2.26. The van der Waals surface area contributed by atoms with Gasteiger partial charge in [0.2, 0.25) is 0 Å². The molecule has 0 amide bonds. The number of hydrogen-bond donors (Lipinski definition) is 1. The first-order chi connectivity index (χ1) is 10.3. The van der Waals surface area contributed by atoms with Crippen molar-refractivity contribution in [2.24, 2.45) is 0 Å². The zero-order chi connectivity index (χ0) is 14.7. The molecule has 1 aliphatic heterocycles. The molecular formula is C17H29N3O. The maximum Gasteiger partial charge on any atom is 0.118 e. The fourth-order valence-electron chi connectivity index (χ4n) is 3.37. The lowest BCUT2D eigenvalue weighted by atomic mass is 10.2. The third kappa shape index (κ3) is 4.09. The van der Waals surface area contributed by atoms with Gasteiger partial charge in [-0.2, -0.15) is 0 Å². The van der Waals surface area contributed by atoms with Gasteiger partial charge in [0, 0.05) is 37.3 Å². The zero-order valence-corrected chi connectivity index (χ0v) is 13.5. The highest BCUT2D eigenvalue weighted by Crippen LogP contribution is 2.21. The van der Waals surface area contributed by atoms with Crippen LogP contribution in [-0.2, 0) is 13.1 Å². The molecule has 2 fully saturated rings. The number of likely N-dealkylation sites (N-methyl/N-ethyl adjacent to an activating group) is 1. The van der Waals surface area contributed by atoms with E-state index in [1.165, 1.54) is 37.9 Å². The number of furan rings is 1. The van der Waals surface area contributed by atoms with Crippen LogP contribution in [-0.4, -0.2) is 48.1 Å². The van der Waals surface area contributed by atoms with Gasteiger partial charge in [-0.1, -0.05) is 13.8 Å². The van der Waals surface area contributed by atoms with E-state index < -0.39 is 0 Å². The number of rotatable bonds is 8. The maximum absolute atomic E-state index is 5.73. The van der Waals surface area contributed by atoms with Crippen LogP contribution in [0.25, 0.3) is 0 Å². The molecule has 118 valence electrons. The first-order valence-corrected chi connectivity index (χ1v) is 8.54. The average molecular weight is 291 g/mol. The third-order valence-corrected chi connectivity index (χ3v) is 4.84. The molecule has 0 radical (unpaired) electrons. The Kier molecular flexibility index (Phi) is 4.99. The molecule has 1 atom stereocenters. The summed E-state index contributed by atoms with van der Waals surface area (Å²) in [6.07, 6.45) is 5.89. The smallest absolute Gasteiger partial charge is 0.118 e. The number of nitrogens with one attached hydrogen (secondary N) is 1. The van der Waals surface area contributed by atoms with Crippen molar-refractivity contribution in [2.75, 3.05) is 26.2 Å². The normalized spacial score (nSPS) is 23.3. The van der Waals surface area contributed by atoms with Gasteiger partial charge in [-0.3, -0.25) is 9.80 Å². The molecule has 0 spiro atoms. The van der Waals surface area contributed by atoms with Gasteiger partial charge in [0.05, 0.1) is 12.8 Å². The van der Waals surface area contributed by atoms with Crippen LogP contribution in [0.4, 0.5) is 0 Å². The lowest BCUT2D eigenvalue weighted by molar-refractivity contribution is 0.205. The molecule has 21 heavy (non-hydrogen) atoms. The second-order valence-electron chi connectivity index (χ2n) is 6.48. The molecular weight excluding hydrogens is 262 g/mol. The molecule has 1 aromatic rings. The summed E-state index contributed by atoms with van der Waals surface area (Å²) in [5, 5.41) is 3.54. The summed E-state index contributed by atoms with van der Waals surface area (Å²) >= 11 is 0. The maximum atomic E-state index is 5.73. The van der Waals surface area contributed by atoms with Crippen molar-refractivity contribution >= 4 is 0 Å². The molecule has 2 heterocycles. The molecule has 1 N–H and O–H groups in total. The molecule has 1 saturated carbocycles. The van der Waals surface area contributed by atoms with Crippen LogP contribution in [0.2, 0.25) is 0 Å². The molecule has 1 unspecified atom stereocenters. The molecule has 0 aromatic carbocycles. The Morgan fingerprint density at radius 2 is 2.10 bits per heavy atom. The third-order valence-electron chi connectivity index (χ3n) is 4.84. The number of likely N-dealkylation sites (tertiary alicyclic amines) is 1. The number of nitrogens with zero attached hydrogens (tertiary/aromatic N) is 2. The molecule has 4 nitrogen and oxygen atoms in total. The summed E-state index contributed by atoms with van der Waals surface area (Å²) in [7, 11) is 0. The average Bonchev–Trinajstić information content (AvgIpc) is 3.04. The van der Waals surface area contributed by atoms with Crippen LogP contribution in [0.15, 0.2) is 16.7 Å². The summed E-state index contributed by atoms with van der Waals surface area (Å²) in [5.41, 5.74) is 1.29. The van der Waals surface area contributed by atoms with Gasteiger partial charge in [-0.15, -0.1) is 0 Å². The van der Waals surface area contributed by atoms with E-state index in [1.807, 2.05) is 6.26 Å². The van der Waals surface area contributed by atoms with Crippen LogP contribution in [0.5, 0.6) is 0 Å². The Balaban J connectivity index is 1.45. The Morgan fingerprint density at radius 1 is 1.29 bits per heavy atom. The molecule has 3 rings (SSSR count). The van der Waals surface area contributed by atoms with Crippen LogP contribution in [0, 0.1) is 0 Å². The van der Waals surface area contributed by atoms with Crippen molar-refractivity contribution in [1.29, 1.82) is 0 Å². The van der Waals surface area contributed by atoms with Gasteiger partial charge in [0.25, 0.3) is 0 Å². The highest BCUT2D eigenvalue weighted by atomic mass is 16.3. The van der Waals surface area contributed by atoms with Gasteiger partial charge in [0.15, 0.2) is 0 Å². The first-order valence-electron chi connectivity index (χ1n) is 8.54. The summed E-state index contributed by atoms with van der Waals surface area (Å²) in [5.74, 6) is 1.11. The lowest BCUT2D eigenvalue weighted by Gasteiger charge is -2.26. The topological polar surface area (TPSA) is 31.6 Å². The van der Waals surface area contributed by atoms with E-state index in [0.29, 0.717) is 0 Å². The monoisotopic (exact) mass is 291 g/mol. The fourth-order valence-corrected chi connectivity index (χ4v) is 3.37. The minimum absolute atomic E-state index is 0.728. The van der Waals surface area contributed by atoms with Crippen molar-refractivity contribution in [3.63, 3.8) is 0 Å². The van der Waals surface area contributed by atoms with E-state index in [9.17, 15) is 0 Å². The van der Waals surface area contributed by atoms with Gasteiger partial charge in [-0.25, -0.2) is 0 Å². The van der Waals surface area contributed by atoms with Crippen molar-refractivity contribution in [1.82, 2.24) is 15.1 Å². The molecule has 1 aliphatic carbocycles. The summed E-state index contributed by atoms with van der Waals surface area (Å²) in [6.45, 7) is 11.1. The second-order valence-corrected chi connectivity index (χ2v) is 6.48. The van der Waals surface area contributed by atoms with E-state index in [0.717, 1.165) is 44.0 Å². The molecule has 1 saturated heterocycles. The van der Waals surface area contributed by atoms with E-state index in [2.05, 4.69) is 35.0 Å². The van der Waals surface area contributed by atoms with Crippen LogP contribution < -0.4 is 5.32 Å². The van der Waals surface area contributed by atoms with Gasteiger partial charge >= 0.3 is 0 Å². The highest BCUT2D eigenvalue weighted by molar-refractivity contribution is 5.13. The minimum Gasteiger partial charge on any atom is -0.468 e. The predicted octanol–water partition coefficient (Wildman–Crippen LogP) is 2.45. The van der Waals surface area contributed by atoms with Crippen LogP contribution >= 0.6 is 0 Å². The van der Waals surface area contributed by atoms with Crippen molar-refractivity contribution in [3.05, 3.63) is 23.7 Å². The standard InChI is InChI=1S/C17H29N3O/c1-3-20(4-2)16-7-8-19(11-16)12-17-9-14(13-21-17)10-18-15-5-6-15/h9,13,15-16,18H,3-8,10-12H2,1-2H3. The van der Waals surface area contributed by atoms with Crippen molar-refractivity contribution in [2.45, 2.75) is 58.3 Å². The largest absolute Gasteiger partial charge is 0.468 e. The zero-order valence-electron chi connectivity index (χ0n) is 13.5. The molecule has 0 bridgehead atoms.